The van der Waals surface area contributed by atoms with Crippen molar-refractivity contribution in [2.24, 2.45) is 0 Å². The number of aliphatic hydroxyl groups is 1. The third kappa shape index (κ3) is 3.47. The van der Waals surface area contributed by atoms with E-state index in [0.29, 0.717) is 17.3 Å². The molecule has 1 fully saturated rings. The molecule has 5 heteroatoms. The van der Waals surface area contributed by atoms with E-state index in [0.717, 1.165) is 24.9 Å². The van der Waals surface area contributed by atoms with Crippen molar-refractivity contribution in [1.29, 1.82) is 0 Å². The molecule has 0 aromatic heterocycles. The Morgan fingerprint density at radius 1 is 1.58 bits per heavy atom. The minimum Gasteiger partial charge on any atom is -0.395 e. The molecule has 2 N–H and O–H groups in total. The number of nitrogens with zero attached hydrogens (tertiary/aromatic N) is 1. The van der Waals surface area contributed by atoms with Gasteiger partial charge in [0.05, 0.1) is 23.9 Å². The Hall–Kier alpha value is -1.10. The maximum absolute atomic E-state index is 12.0. The Bertz CT molecular complexity index is 445. The van der Waals surface area contributed by atoms with Crippen molar-refractivity contribution in [1.82, 2.24) is 4.90 Å². The maximum atomic E-state index is 12.0. The van der Waals surface area contributed by atoms with E-state index in [1.54, 1.807) is 6.07 Å². The lowest BCUT2D eigenvalue weighted by atomic mass is 10.2. The molecule has 1 atom stereocenters. The van der Waals surface area contributed by atoms with Crippen LogP contribution < -0.4 is 5.32 Å². The molecule has 19 heavy (non-hydrogen) atoms. The molecule has 0 spiro atoms. The first kappa shape index (κ1) is 14.3. The van der Waals surface area contributed by atoms with Gasteiger partial charge in [0, 0.05) is 6.04 Å². The van der Waals surface area contributed by atoms with Gasteiger partial charge in [-0.05, 0) is 37.9 Å². The molecule has 104 valence electrons. The monoisotopic (exact) mass is 282 g/mol. The number of para-hydroxylation sites is 1. The van der Waals surface area contributed by atoms with Gasteiger partial charge in [0.1, 0.15) is 0 Å². The Kier molecular flexibility index (Phi) is 4.80. The van der Waals surface area contributed by atoms with Crippen molar-refractivity contribution in [3.63, 3.8) is 0 Å². The number of anilines is 1. The molecule has 1 heterocycles. The molecule has 0 aliphatic carbocycles. The summed E-state index contributed by atoms with van der Waals surface area (Å²) in [5, 5.41) is 12.6. The van der Waals surface area contributed by atoms with Crippen molar-refractivity contribution in [2.75, 3.05) is 25.0 Å². The summed E-state index contributed by atoms with van der Waals surface area (Å²) in [6.07, 6.45) is 1.98. The van der Waals surface area contributed by atoms with Gasteiger partial charge in [-0.15, -0.1) is 0 Å². The fourth-order valence-electron chi connectivity index (χ4n) is 2.46. The SMILES string of the molecule is Cc1cccc(Cl)c1NC(=O)CN1CCC[C@@H]1CO. The third-order valence-electron chi connectivity index (χ3n) is 3.54. The largest absolute Gasteiger partial charge is 0.395 e. The number of rotatable bonds is 4. The number of hydrogen-bond donors (Lipinski definition) is 2. The number of aryl methyl sites for hydroxylation is 1. The van der Waals surface area contributed by atoms with Crippen LogP contribution in [0.3, 0.4) is 0 Å². The van der Waals surface area contributed by atoms with Gasteiger partial charge in [-0.1, -0.05) is 23.7 Å². The summed E-state index contributed by atoms with van der Waals surface area (Å²) in [7, 11) is 0. The zero-order chi connectivity index (χ0) is 13.8. The highest BCUT2D eigenvalue weighted by molar-refractivity contribution is 6.33. The van der Waals surface area contributed by atoms with Crippen LogP contribution in [0.4, 0.5) is 5.69 Å². The van der Waals surface area contributed by atoms with Gasteiger partial charge in [0.25, 0.3) is 0 Å². The van der Waals surface area contributed by atoms with Crippen LogP contribution in [0.15, 0.2) is 18.2 Å². The molecule has 1 aliphatic heterocycles. The molecule has 0 radical (unpaired) electrons. The molecule has 1 saturated heterocycles. The summed E-state index contributed by atoms with van der Waals surface area (Å²) in [4.78, 5) is 14.1. The van der Waals surface area contributed by atoms with Crippen LogP contribution in [0.5, 0.6) is 0 Å². The number of halogens is 1. The van der Waals surface area contributed by atoms with E-state index in [-0.39, 0.29) is 18.6 Å². The smallest absolute Gasteiger partial charge is 0.238 e. The second-order valence-electron chi connectivity index (χ2n) is 4.93. The number of hydrogen-bond acceptors (Lipinski definition) is 3. The average molecular weight is 283 g/mol. The quantitative estimate of drug-likeness (QED) is 0.889. The van der Waals surface area contributed by atoms with Crippen LogP contribution in [0.25, 0.3) is 0 Å². The summed E-state index contributed by atoms with van der Waals surface area (Å²) < 4.78 is 0. The van der Waals surface area contributed by atoms with Crippen LogP contribution in [0.2, 0.25) is 5.02 Å². The molecular weight excluding hydrogens is 264 g/mol. The van der Waals surface area contributed by atoms with Crippen molar-refractivity contribution in [3.8, 4) is 0 Å². The number of carbonyl (C=O) groups excluding carboxylic acids is 1. The number of nitrogens with one attached hydrogen (secondary N) is 1. The van der Waals surface area contributed by atoms with Crippen LogP contribution in [-0.4, -0.2) is 41.7 Å². The predicted molar refractivity (Wildman–Crippen MR) is 76.5 cm³/mol. The molecule has 1 aliphatic rings. The van der Waals surface area contributed by atoms with Gasteiger partial charge in [-0.2, -0.15) is 0 Å². The Morgan fingerprint density at radius 3 is 3.05 bits per heavy atom. The van der Waals surface area contributed by atoms with E-state index in [1.165, 1.54) is 0 Å². The second-order valence-corrected chi connectivity index (χ2v) is 5.34. The summed E-state index contributed by atoms with van der Waals surface area (Å²) in [5.74, 6) is -0.0865. The molecule has 1 aromatic rings. The number of amides is 1. The fourth-order valence-corrected chi connectivity index (χ4v) is 2.73. The van der Waals surface area contributed by atoms with E-state index < -0.39 is 0 Å². The van der Waals surface area contributed by atoms with Gasteiger partial charge in [0.2, 0.25) is 5.91 Å². The van der Waals surface area contributed by atoms with Gasteiger partial charge >= 0.3 is 0 Å². The molecule has 2 rings (SSSR count). The van der Waals surface area contributed by atoms with Crippen molar-refractivity contribution in [3.05, 3.63) is 28.8 Å². The van der Waals surface area contributed by atoms with Crippen LogP contribution in [0.1, 0.15) is 18.4 Å². The summed E-state index contributed by atoms with van der Waals surface area (Å²) in [6, 6.07) is 5.64. The van der Waals surface area contributed by atoms with Crippen molar-refractivity contribution in [2.45, 2.75) is 25.8 Å². The highest BCUT2D eigenvalue weighted by Gasteiger charge is 2.25. The minimum atomic E-state index is -0.0865. The van der Waals surface area contributed by atoms with Crippen LogP contribution >= 0.6 is 11.6 Å². The van der Waals surface area contributed by atoms with Gasteiger partial charge in [-0.3, -0.25) is 9.69 Å². The predicted octanol–water partition coefficient (Wildman–Crippen LogP) is 2.04. The summed E-state index contributed by atoms with van der Waals surface area (Å²) in [5.41, 5.74) is 1.62. The summed E-state index contributed by atoms with van der Waals surface area (Å²) >= 11 is 6.08. The number of likely N-dealkylation sites (tertiary alicyclic amines) is 1. The molecule has 1 aromatic carbocycles. The molecule has 1 amide bonds. The molecule has 0 unspecified atom stereocenters. The highest BCUT2D eigenvalue weighted by Crippen LogP contribution is 2.25. The molecule has 4 nitrogen and oxygen atoms in total. The molecule has 0 saturated carbocycles. The van der Waals surface area contributed by atoms with E-state index >= 15 is 0 Å². The zero-order valence-electron chi connectivity index (χ0n) is 11.0. The average Bonchev–Trinajstić information content (AvgIpc) is 2.81. The fraction of sp³-hybridized carbons (Fsp3) is 0.500. The second kappa shape index (κ2) is 6.37. The lowest BCUT2D eigenvalue weighted by Gasteiger charge is -2.22. The Labute approximate surface area is 118 Å². The number of benzene rings is 1. The topological polar surface area (TPSA) is 52.6 Å². The minimum absolute atomic E-state index is 0.0865. The van der Waals surface area contributed by atoms with Gasteiger partial charge < -0.3 is 10.4 Å². The zero-order valence-corrected chi connectivity index (χ0v) is 11.8. The maximum Gasteiger partial charge on any atom is 0.238 e. The van der Waals surface area contributed by atoms with E-state index in [9.17, 15) is 9.90 Å². The normalized spacial score (nSPS) is 19.6. The lowest BCUT2D eigenvalue weighted by Crippen LogP contribution is -2.38. The van der Waals surface area contributed by atoms with Crippen molar-refractivity contribution < 1.29 is 9.90 Å². The van der Waals surface area contributed by atoms with Crippen molar-refractivity contribution >= 4 is 23.2 Å². The van der Waals surface area contributed by atoms with Crippen LogP contribution in [-0.2, 0) is 4.79 Å². The highest BCUT2D eigenvalue weighted by atomic mass is 35.5. The van der Waals surface area contributed by atoms with E-state index in [2.05, 4.69) is 5.32 Å². The van der Waals surface area contributed by atoms with E-state index in [4.69, 9.17) is 11.6 Å². The first-order chi connectivity index (χ1) is 9.11. The standard InChI is InChI=1S/C14H19ClN2O2/c1-10-4-2-6-12(15)14(10)16-13(19)8-17-7-3-5-11(17)9-18/h2,4,6,11,18H,3,5,7-9H2,1H3,(H,16,19)/t11-/m1/s1. The first-order valence-electron chi connectivity index (χ1n) is 6.51. The lowest BCUT2D eigenvalue weighted by molar-refractivity contribution is -0.117. The third-order valence-corrected chi connectivity index (χ3v) is 3.86. The molecule has 0 bridgehead atoms. The molecular formula is C14H19ClN2O2. The van der Waals surface area contributed by atoms with Gasteiger partial charge in [-0.25, -0.2) is 0 Å². The Balaban J connectivity index is 1.98. The van der Waals surface area contributed by atoms with Crippen LogP contribution in [0, 0.1) is 6.92 Å². The number of carbonyl (C=O) groups is 1. The van der Waals surface area contributed by atoms with Gasteiger partial charge in [0.15, 0.2) is 0 Å². The number of aliphatic hydroxyl groups excluding tert-OH is 1. The van der Waals surface area contributed by atoms with E-state index in [1.807, 2.05) is 24.0 Å². The first-order valence-corrected chi connectivity index (χ1v) is 6.89. The summed E-state index contributed by atoms with van der Waals surface area (Å²) in [6.45, 7) is 3.18. The Morgan fingerprint density at radius 2 is 2.37 bits per heavy atom.